The van der Waals surface area contributed by atoms with E-state index in [9.17, 15) is 14.7 Å². The second-order valence-corrected chi connectivity index (χ2v) is 3.69. The van der Waals surface area contributed by atoms with E-state index in [4.69, 9.17) is 15.2 Å². The van der Waals surface area contributed by atoms with Gasteiger partial charge in [-0.3, -0.25) is 14.3 Å². The van der Waals surface area contributed by atoms with E-state index in [0.717, 1.165) is 4.57 Å². The molecule has 1 aromatic heterocycles. The fourth-order valence-corrected chi connectivity index (χ4v) is 1.77. The molecule has 2 heterocycles. The van der Waals surface area contributed by atoms with Crippen LogP contribution in [0.15, 0.2) is 33.4 Å². The van der Waals surface area contributed by atoms with Crippen molar-refractivity contribution in [2.75, 3.05) is 13.7 Å². The minimum absolute atomic E-state index is 0.0136. The average Bonchev–Trinajstić information content (AvgIpc) is 2.65. The van der Waals surface area contributed by atoms with Crippen molar-refractivity contribution in [3.05, 3.63) is 44.6 Å². The van der Waals surface area contributed by atoms with Crippen molar-refractivity contribution in [2.45, 2.75) is 12.3 Å². The van der Waals surface area contributed by atoms with Crippen molar-refractivity contribution in [1.29, 1.82) is 0 Å². The van der Waals surface area contributed by atoms with Gasteiger partial charge in [0.2, 0.25) is 6.23 Å². The van der Waals surface area contributed by atoms with Crippen LogP contribution in [0.3, 0.4) is 0 Å². The van der Waals surface area contributed by atoms with Gasteiger partial charge >= 0.3 is 5.69 Å². The third-order valence-electron chi connectivity index (χ3n) is 2.64. The van der Waals surface area contributed by atoms with Gasteiger partial charge in [-0.2, -0.15) is 0 Å². The third kappa shape index (κ3) is 1.91. The van der Waals surface area contributed by atoms with E-state index in [-0.39, 0.29) is 18.1 Å². The van der Waals surface area contributed by atoms with Gasteiger partial charge in [0.15, 0.2) is 17.6 Å². The zero-order valence-corrected chi connectivity index (χ0v) is 9.62. The summed E-state index contributed by atoms with van der Waals surface area (Å²) >= 11 is 0. The van der Waals surface area contributed by atoms with Crippen molar-refractivity contribution in [3.8, 4) is 0 Å². The summed E-state index contributed by atoms with van der Waals surface area (Å²) < 4.78 is 11.5. The Labute approximate surface area is 101 Å². The van der Waals surface area contributed by atoms with Gasteiger partial charge in [-0.05, 0) is 0 Å². The summed E-state index contributed by atoms with van der Waals surface area (Å²) in [5, 5.41) is 9.79. The molecule has 0 aromatic carbocycles. The number of rotatable bonds is 3. The molecule has 0 bridgehead atoms. The lowest BCUT2D eigenvalue weighted by molar-refractivity contribution is -0.0335. The van der Waals surface area contributed by atoms with Gasteiger partial charge in [0.25, 0.3) is 5.56 Å². The van der Waals surface area contributed by atoms with Crippen LogP contribution >= 0.6 is 0 Å². The fraction of sp³-hybridized carbons (Fsp3) is 0.400. The van der Waals surface area contributed by atoms with Crippen molar-refractivity contribution in [3.63, 3.8) is 0 Å². The molecule has 8 nitrogen and oxygen atoms in total. The lowest BCUT2D eigenvalue weighted by Gasteiger charge is -2.19. The molecule has 2 atom stereocenters. The molecule has 0 fully saturated rings. The Hall–Kier alpha value is -2.06. The Balaban J connectivity index is 2.41. The maximum atomic E-state index is 11.6. The van der Waals surface area contributed by atoms with Crippen LogP contribution in [0.25, 0.3) is 0 Å². The van der Waals surface area contributed by atoms with Crippen molar-refractivity contribution in [2.24, 2.45) is 5.73 Å². The summed E-state index contributed by atoms with van der Waals surface area (Å²) in [5.41, 5.74) is 4.23. The smallest absolute Gasteiger partial charge is 0.331 e. The first kappa shape index (κ1) is 12.4. The molecule has 4 N–H and O–H groups in total. The van der Waals surface area contributed by atoms with E-state index < -0.39 is 23.6 Å². The van der Waals surface area contributed by atoms with E-state index in [1.54, 1.807) is 0 Å². The summed E-state index contributed by atoms with van der Waals surface area (Å²) in [6.07, 6.45) is -0.463. The van der Waals surface area contributed by atoms with E-state index in [1.807, 2.05) is 0 Å². The first-order valence-corrected chi connectivity index (χ1v) is 5.21. The number of aliphatic hydroxyl groups is 1. The van der Waals surface area contributed by atoms with E-state index in [2.05, 4.69) is 4.98 Å². The molecule has 2 rings (SSSR count). The maximum Gasteiger partial charge on any atom is 0.331 e. The van der Waals surface area contributed by atoms with Crippen LogP contribution in [-0.2, 0) is 9.47 Å². The minimum Gasteiger partial charge on any atom is -0.506 e. The predicted octanol–water partition coefficient (Wildman–Crippen LogP) is -1.19. The molecule has 18 heavy (non-hydrogen) atoms. The first-order chi connectivity index (χ1) is 8.58. The SMILES string of the molecule is COC1C(O)=C(CN)O[C@H]1n1ccc(=O)[nH]c1=O. The lowest BCUT2D eigenvalue weighted by Crippen LogP contribution is -2.36. The molecule has 0 saturated heterocycles. The Morgan fingerprint density at radius 2 is 2.33 bits per heavy atom. The van der Waals surface area contributed by atoms with Crippen LogP contribution in [0.1, 0.15) is 6.23 Å². The molecule has 0 saturated carbocycles. The number of nitrogens with zero attached hydrogens (tertiary/aromatic N) is 1. The highest BCUT2D eigenvalue weighted by Crippen LogP contribution is 2.31. The molecule has 1 unspecified atom stereocenters. The second kappa shape index (κ2) is 4.67. The number of aromatic nitrogens is 2. The lowest BCUT2D eigenvalue weighted by atomic mass is 10.2. The van der Waals surface area contributed by atoms with E-state index >= 15 is 0 Å². The fourth-order valence-electron chi connectivity index (χ4n) is 1.77. The molecule has 8 heteroatoms. The van der Waals surface area contributed by atoms with Crippen LogP contribution in [0.4, 0.5) is 0 Å². The Bertz CT molecular complexity index is 588. The number of hydrogen-bond acceptors (Lipinski definition) is 6. The summed E-state index contributed by atoms with van der Waals surface area (Å²) in [5.74, 6) is 0.00745. The quantitative estimate of drug-likeness (QED) is 0.624. The van der Waals surface area contributed by atoms with Crippen LogP contribution < -0.4 is 17.0 Å². The van der Waals surface area contributed by atoms with Gasteiger partial charge in [0.1, 0.15) is 0 Å². The molecule has 0 amide bonds. The van der Waals surface area contributed by atoms with Crippen LogP contribution in [0.2, 0.25) is 0 Å². The predicted molar refractivity (Wildman–Crippen MR) is 61.0 cm³/mol. The minimum atomic E-state index is -0.891. The number of ether oxygens (including phenoxy) is 2. The summed E-state index contributed by atoms with van der Waals surface area (Å²) in [7, 11) is 1.37. The largest absolute Gasteiger partial charge is 0.506 e. The molecule has 0 spiro atoms. The number of nitrogens with two attached hydrogens (primary N) is 1. The molecular formula is C10H13N3O5. The molecule has 98 valence electrons. The number of methoxy groups -OCH3 is 1. The molecule has 1 aliphatic heterocycles. The third-order valence-corrected chi connectivity index (χ3v) is 2.64. The highest BCUT2D eigenvalue weighted by molar-refractivity contribution is 5.14. The Morgan fingerprint density at radius 1 is 1.61 bits per heavy atom. The Morgan fingerprint density at radius 3 is 2.89 bits per heavy atom. The van der Waals surface area contributed by atoms with Gasteiger partial charge in [-0.15, -0.1) is 0 Å². The number of H-pyrrole nitrogens is 1. The van der Waals surface area contributed by atoms with E-state index in [0.29, 0.717) is 0 Å². The number of nitrogens with one attached hydrogen (secondary N) is 1. The molecular weight excluding hydrogens is 242 g/mol. The summed E-state index contributed by atoms with van der Waals surface area (Å²) in [6.45, 7) is -0.0136. The van der Waals surface area contributed by atoms with Crippen molar-refractivity contribution < 1.29 is 14.6 Å². The molecule has 1 aromatic rings. The zero-order valence-electron chi connectivity index (χ0n) is 9.62. The van der Waals surface area contributed by atoms with Gasteiger partial charge in [0.05, 0.1) is 6.54 Å². The van der Waals surface area contributed by atoms with Crippen molar-refractivity contribution >= 4 is 0 Å². The molecule has 0 radical (unpaired) electrons. The van der Waals surface area contributed by atoms with Crippen LogP contribution in [-0.4, -0.2) is 34.4 Å². The highest BCUT2D eigenvalue weighted by Gasteiger charge is 2.38. The van der Waals surface area contributed by atoms with Gasteiger partial charge < -0.3 is 20.3 Å². The van der Waals surface area contributed by atoms with Gasteiger partial charge in [-0.25, -0.2) is 4.79 Å². The first-order valence-electron chi connectivity index (χ1n) is 5.21. The van der Waals surface area contributed by atoms with Crippen LogP contribution in [0.5, 0.6) is 0 Å². The number of aliphatic hydroxyl groups excluding tert-OH is 1. The topological polar surface area (TPSA) is 120 Å². The summed E-state index contributed by atoms with van der Waals surface area (Å²) in [6, 6.07) is 1.18. The number of hydrogen-bond donors (Lipinski definition) is 3. The van der Waals surface area contributed by atoms with E-state index in [1.165, 1.54) is 19.4 Å². The van der Waals surface area contributed by atoms with Crippen molar-refractivity contribution in [1.82, 2.24) is 9.55 Å². The van der Waals surface area contributed by atoms with Gasteiger partial charge in [0, 0.05) is 19.4 Å². The van der Waals surface area contributed by atoms with Gasteiger partial charge in [-0.1, -0.05) is 0 Å². The zero-order chi connectivity index (χ0) is 13.3. The summed E-state index contributed by atoms with van der Waals surface area (Å²) in [4.78, 5) is 24.7. The highest BCUT2D eigenvalue weighted by atomic mass is 16.6. The monoisotopic (exact) mass is 255 g/mol. The average molecular weight is 255 g/mol. The maximum absolute atomic E-state index is 11.6. The molecule has 1 aliphatic rings. The Kier molecular flexibility index (Phi) is 3.21. The normalized spacial score (nSPS) is 23.2. The number of aromatic amines is 1. The standard InChI is InChI=1S/C10H13N3O5/c1-17-8-7(15)5(4-11)18-9(8)13-3-2-6(14)12-10(13)16/h2-3,8-9,15H,4,11H2,1H3,(H,12,14,16)/t8?,9-/m1/s1. The van der Waals surface area contributed by atoms with Crippen LogP contribution in [0, 0.1) is 0 Å². The second-order valence-electron chi connectivity index (χ2n) is 3.69. The molecule has 0 aliphatic carbocycles.